The number of carbonyl (C=O) groups excluding carboxylic acids is 2. The van der Waals surface area contributed by atoms with Crippen molar-refractivity contribution in [3.8, 4) is 0 Å². The SMILES string of the molecule is CC(=O)NC[C@@]1(c2ccccc2)CC[C@H](O)[C@H](O)[C@@H](N(C)C(=O)c2ncccn2)C1. The van der Waals surface area contributed by atoms with Gasteiger partial charge in [0.2, 0.25) is 11.7 Å². The number of carbonyl (C=O) groups is 2. The molecule has 1 saturated carbocycles. The molecule has 0 unspecified atom stereocenters. The maximum atomic E-state index is 13.0. The van der Waals surface area contributed by atoms with Crippen molar-refractivity contribution in [1.82, 2.24) is 20.2 Å². The third-order valence-corrected chi connectivity index (χ3v) is 5.94. The van der Waals surface area contributed by atoms with Crippen LogP contribution in [0.15, 0.2) is 48.8 Å². The molecule has 160 valence electrons. The lowest BCUT2D eigenvalue weighted by atomic mass is 9.73. The molecule has 1 aliphatic rings. The summed E-state index contributed by atoms with van der Waals surface area (Å²) in [4.78, 5) is 34.1. The van der Waals surface area contributed by atoms with Crippen LogP contribution in [-0.4, -0.2) is 68.7 Å². The molecule has 1 fully saturated rings. The Balaban J connectivity index is 1.98. The number of aliphatic hydroxyl groups is 2. The molecular formula is C22H28N4O4. The zero-order valence-corrected chi connectivity index (χ0v) is 17.2. The minimum absolute atomic E-state index is 0.0260. The van der Waals surface area contributed by atoms with Gasteiger partial charge in [0, 0.05) is 38.3 Å². The number of benzene rings is 1. The number of hydrogen-bond donors (Lipinski definition) is 3. The van der Waals surface area contributed by atoms with E-state index in [-0.39, 0.29) is 11.7 Å². The van der Waals surface area contributed by atoms with Crippen LogP contribution in [-0.2, 0) is 10.2 Å². The normalized spacial score (nSPS) is 26.5. The Hall–Kier alpha value is -2.84. The lowest BCUT2D eigenvalue weighted by Gasteiger charge is -2.39. The number of hydrogen-bond acceptors (Lipinski definition) is 6. The van der Waals surface area contributed by atoms with Crippen molar-refractivity contribution >= 4 is 11.8 Å². The molecule has 8 nitrogen and oxygen atoms in total. The summed E-state index contributed by atoms with van der Waals surface area (Å²) in [6, 6.07) is 10.6. The molecule has 3 N–H and O–H groups in total. The maximum absolute atomic E-state index is 13.0. The van der Waals surface area contributed by atoms with Crippen LogP contribution < -0.4 is 5.32 Å². The van der Waals surface area contributed by atoms with Crippen LogP contribution in [0.4, 0.5) is 0 Å². The zero-order valence-electron chi connectivity index (χ0n) is 17.2. The number of aromatic nitrogens is 2. The van der Waals surface area contributed by atoms with Gasteiger partial charge in [0.15, 0.2) is 0 Å². The molecule has 1 aliphatic carbocycles. The van der Waals surface area contributed by atoms with Gasteiger partial charge in [0.1, 0.15) is 6.10 Å². The predicted molar refractivity (Wildman–Crippen MR) is 111 cm³/mol. The molecule has 0 bridgehead atoms. The summed E-state index contributed by atoms with van der Waals surface area (Å²) >= 11 is 0. The van der Waals surface area contributed by atoms with Crippen molar-refractivity contribution in [3.63, 3.8) is 0 Å². The van der Waals surface area contributed by atoms with Crippen LogP contribution in [0.5, 0.6) is 0 Å². The van der Waals surface area contributed by atoms with Gasteiger partial charge >= 0.3 is 0 Å². The van der Waals surface area contributed by atoms with Gasteiger partial charge in [-0.05, 0) is 30.9 Å². The van der Waals surface area contributed by atoms with Crippen molar-refractivity contribution in [2.45, 2.75) is 49.9 Å². The van der Waals surface area contributed by atoms with E-state index in [1.165, 1.54) is 24.2 Å². The van der Waals surface area contributed by atoms with Gasteiger partial charge in [0.05, 0.1) is 12.1 Å². The summed E-state index contributed by atoms with van der Waals surface area (Å²) in [6.07, 6.45) is 2.10. The van der Waals surface area contributed by atoms with E-state index >= 15 is 0 Å². The molecule has 30 heavy (non-hydrogen) atoms. The number of likely N-dealkylation sites (N-methyl/N-ethyl adjacent to an activating group) is 1. The number of amides is 2. The Morgan fingerprint density at radius 2 is 1.83 bits per heavy atom. The van der Waals surface area contributed by atoms with E-state index in [2.05, 4.69) is 15.3 Å². The highest BCUT2D eigenvalue weighted by molar-refractivity contribution is 5.90. The molecule has 4 atom stereocenters. The fourth-order valence-electron chi connectivity index (χ4n) is 4.17. The van der Waals surface area contributed by atoms with Crippen molar-refractivity contribution in [1.29, 1.82) is 0 Å². The quantitative estimate of drug-likeness (QED) is 0.629. The molecule has 1 aromatic heterocycles. The Bertz CT molecular complexity index is 864. The van der Waals surface area contributed by atoms with Crippen LogP contribution in [0.25, 0.3) is 0 Å². The van der Waals surface area contributed by atoms with Crippen molar-refractivity contribution in [2.24, 2.45) is 0 Å². The Labute approximate surface area is 176 Å². The Morgan fingerprint density at radius 1 is 1.17 bits per heavy atom. The summed E-state index contributed by atoms with van der Waals surface area (Å²) in [5.74, 6) is -0.567. The molecule has 8 heteroatoms. The standard InChI is InChI=1S/C22H28N4O4/c1-15(27)25-14-22(16-7-4-3-5-8-16)10-9-18(28)19(29)17(13-22)26(2)21(30)20-23-11-6-12-24-20/h3-8,11-12,17-19,28-29H,9-10,13-14H2,1-2H3,(H,25,27)/t17-,18-,19+,22+/m0/s1. The first kappa shape index (κ1) is 21.9. The van der Waals surface area contributed by atoms with Crippen LogP contribution in [0, 0.1) is 0 Å². The molecular weight excluding hydrogens is 384 g/mol. The largest absolute Gasteiger partial charge is 0.390 e. The van der Waals surface area contributed by atoms with E-state index in [0.29, 0.717) is 25.8 Å². The molecule has 1 heterocycles. The summed E-state index contributed by atoms with van der Waals surface area (Å²) in [5.41, 5.74) is 0.434. The zero-order chi connectivity index (χ0) is 21.7. The predicted octanol–water partition coefficient (Wildman–Crippen LogP) is 0.897. The minimum Gasteiger partial charge on any atom is -0.390 e. The van der Waals surface area contributed by atoms with Crippen LogP contribution >= 0.6 is 0 Å². The third-order valence-electron chi connectivity index (χ3n) is 5.94. The fraction of sp³-hybridized carbons (Fsp3) is 0.455. The summed E-state index contributed by atoms with van der Waals surface area (Å²) in [5, 5.41) is 24.3. The van der Waals surface area contributed by atoms with E-state index < -0.39 is 29.6 Å². The maximum Gasteiger partial charge on any atom is 0.291 e. The van der Waals surface area contributed by atoms with E-state index in [0.717, 1.165) is 5.56 Å². The molecule has 0 aliphatic heterocycles. The molecule has 0 spiro atoms. The monoisotopic (exact) mass is 412 g/mol. The van der Waals surface area contributed by atoms with Gasteiger partial charge in [-0.1, -0.05) is 30.3 Å². The van der Waals surface area contributed by atoms with Crippen molar-refractivity contribution < 1.29 is 19.8 Å². The first-order chi connectivity index (χ1) is 14.3. The molecule has 2 amide bonds. The van der Waals surface area contributed by atoms with Crippen LogP contribution in [0.3, 0.4) is 0 Å². The topological polar surface area (TPSA) is 116 Å². The first-order valence-electron chi connectivity index (χ1n) is 10.0. The van der Waals surface area contributed by atoms with E-state index in [4.69, 9.17) is 0 Å². The highest BCUT2D eigenvalue weighted by atomic mass is 16.3. The number of rotatable bonds is 5. The molecule has 3 rings (SSSR count). The summed E-state index contributed by atoms with van der Waals surface area (Å²) in [7, 11) is 1.58. The van der Waals surface area contributed by atoms with Gasteiger partial charge < -0.3 is 20.4 Å². The minimum atomic E-state index is -1.13. The Kier molecular flexibility index (Phi) is 6.79. The smallest absolute Gasteiger partial charge is 0.291 e. The van der Waals surface area contributed by atoms with Gasteiger partial charge in [-0.2, -0.15) is 0 Å². The first-order valence-corrected chi connectivity index (χ1v) is 10.0. The molecule has 2 aromatic rings. The lowest BCUT2D eigenvalue weighted by molar-refractivity contribution is -0.119. The Morgan fingerprint density at radius 3 is 2.47 bits per heavy atom. The van der Waals surface area contributed by atoms with Gasteiger partial charge in [-0.15, -0.1) is 0 Å². The van der Waals surface area contributed by atoms with Crippen molar-refractivity contribution in [2.75, 3.05) is 13.6 Å². The highest BCUT2D eigenvalue weighted by Crippen LogP contribution is 2.39. The second-order valence-corrected chi connectivity index (χ2v) is 7.91. The van der Waals surface area contributed by atoms with Gasteiger partial charge in [-0.25, -0.2) is 9.97 Å². The van der Waals surface area contributed by atoms with Crippen LogP contribution in [0.1, 0.15) is 42.4 Å². The highest BCUT2D eigenvalue weighted by Gasteiger charge is 2.45. The van der Waals surface area contributed by atoms with E-state index in [1.54, 1.807) is 13.1 Å². The second-order valence-electron chi connectivity index (χ2n) is 7.91. The summed E-state index contributed by atoms with van der Waals surface area (Å²) in [6.45, 7) is 1.80. The number of nitrogens with one attached hydrogen (secondary N) is 1. The van der Waals surface area contributed by atoms with Gasteiger partial charge in [0.25, 0.3) is 5.91 Å². The molecule has 0 radical (unpaired) electrons. The second kappa shape index (κ2) is 9.32. The van der Waals surface area contributed by atoms with E-state index in [9.17, 15) is 19.8 Å². The molecule has 1 aromatic carbocycles. The van der Waals surface area contributed by atoms with E-state index in [1.807, 2.05) is 30.3 Å². The average molecular weight is 412 g/mol. The summed E-state index contributed by atoms with van der Waals surface area (Å²) < 4.78 is 0. The van der Waals surface area contributed by atoms with Crippen molar-refractivity contribution in [3.05, 3.63) is 60.2 Å². The average Bonchev–Trinajstić information content (AvgIpc) is 2.90. The number of nitrogens with zero attached hydrogens (tertiary/aromatic N) is 3. The molecule has 0 saturated heterocycles. The third kappa shape index (κ3) is 4.66. The van der Waals surface area contributed by atoms with Crippen LogP contribution in [0.2, 0.25) is 0 Å². The lowest BCUT2D eigenvalue weighted by Crippen LogP contribution is -2.52. The number of aliphatic hydroxyl groups excluding tert-OH is 2. The fourth-order valence-corrected chi connectivity index (χ4v) is 4.17. The van der Waals surface area contributed by atoms with Gasteiger partial charge in [-0.3, -0.25) is 9.59 Å².